The average Bonchev–Trinajstić information content (AvgIpc) is 3.36. The van der Waals surface area contributed by atoms with Crippen LogP contribution < -0.4 is 5.73 Å². The maximum Gasteiger partial charge on any atom is 0.305 e. The molecule has 2 N–H and O–H groups in total. The molecule has 34 heavy (non-hydrogen) atoms. The van der Waals surface area contributed by atoms with Crippen LogP contribution in [0.25, 0.3) is 11.4 Å². The van der Waals surface area contributed by atoms with Gasteiger partial charge in [0.1, 0.15) is 30.1 Å². The van der Waals surface area contributed by atoms with Gasteiger partial charge in [-0.05, 0) is 0 Å². The molecule has 0 spiro atoms. The van der Waals surface area contributed by atoms with E-state index in [1.807, 2.05) is 0 Å². The van der Waals surface area contributed by atoms with Gasteiger partial charge in [-0.15, -0.1) is 16.4 Å². The number of nitrogen functional groups attached to an aromatic ring is 1. The van der Waals surface area contributed by atoms with E-state index in [9.17, 15) is 19.2 Å². The number of nitrogens with two attached hydrogens (primary N) is 1. The van der Waals surface area contributed by atoms with Gasteiger partial charge < -0.3 is 29.4 Å². The summed E-state index contributed by atoms with van der Waals surface area (Å²) in [4.78, 5) is 51.2. The molecule has 3 heterocycles. The van der Waals surface area contributed by atoms with E-state index in [0.717, 1.165) is 13.8 Å². The van der Waals surface area contributed by atoms with Gasteiger partial charge in [0.2, 0.25) is 6.29 Å². The van der Waals surface area contributed by atoms with Gasteiger partial charge in [-0.2, -0.15) is 0 Å². The van der Waals surface area contributed by atoms with E-state index in [-0.39, 0.29) is 6.61 Å². The van der Waals surface area contributed by atoms with Crippen molar-refractivity contribution in [3.8, 4) is 11.4 Å². The number of carbonyl (C=O) groups is 4. The lowest BCUT2D eigenvalue weighted by molar-refractivity contribution is -0.285. The third kappa shape index (κ3) is 6.05. The predicted octanol–water partition coefficient (Wildman–Crippen LogP) is 0.239. The molecular formula is C19H23N5O9S. The Hall–Kier alpha value is -3.59. The lowest BCUT2D eigenvalue weighted by Crippen LogP contribution is -2.59. The lowest BCUT2D eigenvalue weighted by Gasteiger charge is -2.44. The molecule has 0 radical (unpaired) electrons. The summed E-state index contributed by atoms with van der Waals surface area (Å²) in [6.07, 6.45) is -3.53. The molecule has 0 unspecified atom stereocenters. The SMILES string of the molecule is CC(=O)OC[C@H]1O[C@@H](OC(C)=O)[C@H](OC(C)=O)[C@@H](n2cc(-c3csc(N)n3)nn2)[C@H]1OC(C)=O. The minimum atomic E-state index is -1.43. The van der Waals surface area contributed by atoms with Gasteiger partial charge in [-0.1, -0.05) is 5.21 Å². The fourth-order valence-corrected chi connectivity index (χ4v) is 3.94. The molecule has 0 amide bonds. The molecule has 15 heteroatoms. The minimum absolute atomic E-state index is 0.322. The maximum absolute atomic E-state index is 11.9. The predicted molar refractivity (Wildman–Crippen MR) is 113 cm³/mol. The molecule has 14 nitrogen and oxygen atoms in total. The third-order valence-electron chi connectivity index (χ3n) is 4.55. The average molecular weight is 497 g/mol. The van der Waals surface area contributed by atoms with E-state index in [1.165, 1.54) is 36.1 Å². The zero-order valence-corrected chi connectivity index (χ0v) is 19.5. The topological polar surface area (TPSA) is 184 Å². The number of rotatable bonds is 7. The second kappa shape index (κ2) is 10.6. The van der Waals surface area contributed by atoms with Gasteiger partial charge >= 0.3 is 23.9 Å². The van der Waals surface area contributed by atoms with Crippen LogP contribution in [-0.4, -0.2) is 75.1 Å². The van der Waals surface area contributed by atoms with Crippen LogP contribution in [0.4, 0.5) is 5.13 Å². The number of anilines is 1. The summed E-state index contributed by atoms with van der Waals surface area (Å²) in [5.74, 6) is -2.75. The normalized spacial score (nSPS) is 24.2. The third-order valence-corrected chi connectivity index (χ3v) is 5.23. The molecule has 2 aromatic heterocycles. The van der Waals surface area contributed by atoms with Crippen LogP contribution in [0.15, 0.2) is 11.6 Å². The highest BCUT2D eigenvalue weighted by Gasteiger charge is 2.53. The Morgan fingerprint density at radius 3 is 2.21 bits per heavy atom. The van der Waals surface area contributed by atoms with Crippen LogP contribution in [0.5, 0.6) is 0 Å². The first kappa shape index (κ1) is 25.0. The number of carbonyl (C=O) groups excluding carboxylic acids is 4. The van der Waals surface area contributed by atoms with Crippen molar-refractivity contribution < 1.29 is 42.9 Å². The molecule has 1 aliphatic heterocycles. The number of aromatic nitrogens is 4. The molecule has 2 aromatic rings. The summed E-state index contributed by atoms with van der Waals surface area (Å²) in [7, 11) is 0. The Morgan fingerprint density at radius 1 is 1.00 bits per heavy atom. The summed E-state index contributed by atoms with van der Waals surface area (Å²) in [6.45, 7) is 4.30. The smallest absolute Gasteiger partial charge is 0.305 e. The molecule has 1 saturated heterocycles. The Bertz CT molecular complexity index is 1070. The molecule has 184 valence electrons. The van der Waals surface area contributed by atoms with Crippen LogP contribution in [-0.2, 0) is 42.9 Å². The van der Waals surface area contributed by atoms with Crippen molar-refractivity contribution >= 4 is 40.3 Å². The van der Waals surface area contributed by atoms with E-state index in [2.05, 4.69) is 15.3 Å². The summed E-state index contributed by atoms with van der Waals surface area (Å²) in [6, 6.07) is -1.08. The monoisotopic (exact) mass is 497 g/mol. The van der Waals surface area contributed by atoms with Crippen molar-refractivity contribution in [1.29, 1.82) is 0 Å². The first-order valence-corrected chi connectivity index (χ1v) is 10.9. The quantitative estimate of drug-likeness (QED) is 0.405. The number of esters is 4. The number of nitrogens with zero attached hydrogens (tertiary/aromatic N) is 4. The van der Waals surface area contributed by atoms with Gasteiger partial charge in [-0.3, -0.25) is 19.2 Å². The summed E-state index contributed by atoms with van der Waals surface area (Å²) in [5.41, 5.74) is 6.47. The molecule has 1 aliphatic rings. The molecule has 3 rings (SSSR count). The maximum atomic E-state index is 11.9. The summed E-state index contributed by atoms with van der Waals surface area (Å²) < 4.78 is 28.2. The number of hydrogen-bond acceptors (Lipinski definition) is 14. The van der Waals surface area contributed by atoms with Crippen LogP contribution in [0, 0.1) is 0 Å². The first-order valence-electron chi connectivity index (χ1n) is 9.98. The van der Waals surface area contributed by atoms with Gasteiger partial charge in [0.05, 0.1) is 6.20 Å². The second-order valence-electron chi connectivity index (χ2n) is 7.25. The highest BCUT2D eigenvalue weighted by atomic mass is 32.1. The zero-order chi connectivity index (χ0) is 25.0. The fraction of sp³-hybridized carbons (Fsp3) is 0.526. The van der Waals surface area contributed by atoms with Crippen LogP contribution in [0.2, 0.25) is 0 Å². The fourth-order valence-electron chi connectivity index (χ4n) is 3.39. The first-order chi connectivity index (χ1) is 16.0. The van der Waals surface area contributed by atoms with Gasteiger partial charge in [0.15, 0.2) is 17.3 Å². The Kier molecular flexibility index (Phi) is 7.78. The number of hydrogen-bond donors (Lipinski definition) is 1. The molecule has 0 aromatic carbocycles. The largest absolute Gasteiger partial charge is 0.463 e. The molecule has 0 bridgehead atoms. The van der Waals surface area contributed by atoms with Crippen molar-refractivity contribution in [2.75, 3.05) is 12.3 Å². The molecule has 0 saturated carbocycles. The molecule has 1 fully saturated rings. The summed E-state index contributed by atoms with van der Waals surface area (Å²) >= 11 is 1.20. The van der Waals surface area contributed by atoms with Crippen molar-refractivity contribution in [2.45, 2.75) is 58.3 Å². The van der Waals surface area contributed by atoms with E-state index in [0.29, 0.717) is 16.5 Å². The number of ether oxygens (including phenoxy) is 5. The standard InChI is InChI=1S/C19H23N5O9S/c1-8(25)29-6-14-16(30-9(2)26)15(17(31-10(3)27)18(33-14)32-11(4)28)24-5-12(22-23-24)13-7-34-19(20)21-13/h5,7,14-18H,6H2,1-4H3,(H2,20,21)/t14-,15+,16+,17-,18-/m1/s1. The highest BCUT2D eigenvalue weighted by molar-refractivity contribution is 7.13. The van der Waals surface area contributed by atoms with Crippen molar-refractivity contribution in [2.24, 2.45) is 0 Å². The lowest BCUT2D eigenvalue weighted by atomic mass is 9.95. The number of thiazole rings is 1. The summed E-state index contributed by atoms with van der Waals surface area (Å²) in [5, 5.41) is 10.2. The Labute approximate surface area is 197 Å². The van der Waals surface area contributed by atoms with Gasteiger partial charge in [0, 0.05) is 33.1 Å². The van der Waals surface area contributed by atoms with Crippen LogP contribution in [0.3, 0.4) is 0 Å². The zero-order valence-electron chi connectivity index (χ0n) is 18.7. The minimum Gasteiger partial charge on any atom is -0.463 e. The Balaban J connectivity index is 2.08. The van der Waals surface area contributed by atoms with E-state index >= 15 is 0 Å². The van der Waals surface area contributed by atoms with E-state index in [4.69, 9.17) is 29.4 Å². The second-order valence-corrected chi connectivity index (χ2v) is 8.14. The van der Waals surface area contributed by atoms with Crippen LogP contribution >= 0.6 is 11.3 Å². The Morgan fingerprint density at radius 2 is 1.65 bits per heavy atom. The van der Waals surface area contributed by atoms with Crippen LogP contribution in [0.1, 0.15) is 33.7 Å². The molecule has 0 aliphatic carbocycles. The van der Waals surface area contributed by atoms with Crippen molar-refractivity contribution in [3.63, 3.8) is 0 Å². The molecule has 5 atom stereocenters. The highest BCUT2D eigenvalue weighted by Crippen LogP contribution is 2.36. The van der Waals surface area contributed by atoms with E-state index in [1.54, 1.807) is 5.38 Å². The van der Waals surface area contributed by atoms with Crippen molar-refractivity contribution in [3.05, 3.63) is 11.6 Å². The molecular weight excluding hydrogens is 474 g/mol. The van der Waals surface area contributed by atoms with Gasteiger partial charge in [0.25, 0.3) is 0 Å². The van der Waals surface area contributed by atoms with Gasteiger partial charge in [-0.25, -0.2) is 9.67 Å². The van der Waals surface area contributed by atoms with E-state index < -0.39 is 54.5 Å². The van der Waals surface area contributed by atoms with Crippen molar-refractivity contribution in [1.82, 2.24) is 20.0 Å².